The average Bonchev–Trinajstić information content (AvgIpc) is 2.81. The number of fused-ring (bicyclic) bond motifs is 1. The van der Waals surface area contributed by atoms with Gasteiger partial charge in [-0.2, -0.15) is 0 Å². The van der Waals surface area contributed by atoms with Gasteiger partial charge in [0.05, 0.1) is 23.0 Å². The Morgan fingerprint density at radius 1 is 1.18 bits per heavy atom. The molecule has 22 heavy (non-hydrogen) atoms. The smallest absolute Gasteiger partial charge is 0.167 e. The van der Waals surface area contributed by atoms with Gasteiger partial charge in [-0.3, -0.25) is 4.57 Å². The first-order chi connectivity index (χ1) is 10.6. The Morgan fingerprint density at radius 2 is 1.91 bits per heavy atom. The second-order valence-corrected chi connectivity index (χ2v) is 6.73. The van der Waals surface area contributed by atoms with E-state index in [2.05, 4.69) is 31.0 Å². The molecule has 1 aromatic heterocycles. The fraction of sp³-hybridized carbons (Fsp3) is 0.176. The van der Waals surface area contributed by atoms with Crippen molar-refractivity contribution in [2.75, 3.05) is 7.11 Å². The van der Waals surface area contributed by atoms with Crippen molar-refractivity contribution in [2.24, 2.45) is 4.99 Å². The third-order valence-electron chi connectivity index (χ3n) is 3.56. The molecule has 0 atom stereocenters. The van der Waals surface area contributed by atoms with Crippen molar-refractivity contribution in [3.63, 3.8) is 0 Å². The van der Waals surface area contributed by atoms with Gasteiger partial charge in [-0.1, -0.05) is 18.2 Å². The van der Waals surface area contributed by atoms with E-state index in [-0.39, 0.29) is 0 Å². The minimum atomic E-state index is 0.776. The van der Waals surface area contributed by atoms with E-state index in [1.54, 1.807) is 24.8 Å². The minimum Gasteiger partial charge on any atom is -0.497 e. The van der Waals surface area contributed by atoms with Crippen molar-refractivity contribution in [1.82, 2.24) is 4.57 Å². The summed E-state index contributed by atoms with van der Waals surface area (Å²) in [5.74, 6) is 0.814. The normalized spacial score (nSPS) is 11.4. The molecule has 0 radical (unpaired) electrons. The van der Waals surface area contributed by atoms with Crippen LogP contribution in [0.2, 0.25) is 0 Å². The van der Waals surface area contributed by atoms with Crippen LogP contribution in [0.5, 0.6) is 5.75 Å². The van der Waals surface area contributed by atoms with Crippen LogP contribution >= 0.6 is 23.6 Å². The fourth-order valence-electron chi connectivity index (χ4n) is 2.37. The Labute approximate surface area is 138 Å². The molecule has 1 heterocycles. The lowest BCUT2D eigenvalue weighted by atomic mass is 10.1. The molecule has 0 fully saturated rings. The van der Waals surface area contributed by atoms with Gasteiger partial charge in [0.1, 0.15) is 12.1 Å². The van der Waals surface area contributed by atoms with Crippen molar-refractivity contribution < 1.29 is 4.74 Å². The standard InChI is InChI=1S/C17H16N2OS2/c1-11-5-4-6-12(2)16(11)18-10-19-14-9-13(20-3)7-8-15(14)22-17(19)21/h4-10H,1-3H3. The number of aryl methyl sites for hydroxylation is 2. The number of hydrogen-bond donors (Lipinski definition) is 0. The summed E-state index contributed by atoms with van der Waals surface area (Å²) in [5.41, 5.74) is 4.32. The Kier molecular flexibility index (Phi) is 4.09. The Morgan fingerprint density at radius 3 is 2.59 bits per heavy atom. The van der Waals surface area contributed by atoms with E-state index in [0.717, 1.165) is 36.7 Å². The Hall–Kier alpha value is -1.98. The first-order valence-electron chi connectivity index (χ1n) is 6.89. The van der Waals surface area contributed by atoms with Crippen LogP contribution < -0.4 is 4.74 Å². The van der Waals surface area contributed by atoms with E-state index < -0.39 is 0 Å². The highest BCUT2D eigenvalue weighted by molar-refractivity contribution is 7.73. The predicted molar refractivity (Wildman–Crippen MR) is 96.7 cm³/mol. The maximum atomic E-state index is 5.46. The summed E-state index contributed by atoms with van der Waals surface area (Å²) in [6.07, 6.45) is 1.80. The Balaban J connectivity index is 2.12. The molecule has 2 aromatic carbocycles. The van der Waals surface area contributed by atoms with E-state index >= 15 is 0 Å². The van der Waals surface area contributed by atoms with Crippen LogP contribution in [0.1, 0.15) is 11.1 Å². The van der Waals surface area contributed by atoms with Gasteiger partial charge in [-0.15, -0.1) is 11.3 Å². The Bertz CT molecular complexity index is 902. The maximum Gasteiger partial charge on any atom is 0.167 e. The van der Waals surface area contributed by atoms with Gasteiger partial charge in [-0.05, 0) is 49.3 Å². The number of rotatable bonds is 3. The number of methoxy groups -OCH3 is 1. The van der Waals surface area contributed by atoms with E-state index in [0.29, 0.717) is 0 Å². The first-order valence-corrected chi connectivity index (χ1v) is 8.12. The lowest BCUT2D eigenvalue weighted by Crippen LogP contribution is -1.95. The van der Waals surface area contributed by atoms with E-state index in [9.17, 15) is 0 Å². The SMILES string of the molecule is COc1ccc2sc(=S)n(C=Nc3c(C)cccc3C)c2c1. The number of aromatic nitrogens is 1. The van der Waals surface area contributed by atoms with Crippen molar-refractivity contribution in [3.05, 3.63) is 51.5 Å². The molecule has 0 saturated carbocycles. The quantitative estimate of drug-likeness (QED) is 0.372. The molecule has 5 heteroatoms. The molecule has 0 spiro atoms. The number of para-hydroxylation sites is 1. The number of nitrogens with zero attached hydrogens (tertiary/aromatic N) is 2. The number of benzene rings is 2. The summed E-state index contributed by atoms with van der Waals surface area (Å²) >= 11 is 7.04. The maximum absolute atomic E-state index is 5.46. The van der Waals surface area contributed by atoms with E-state index in [1.165, 1.54) is 0 Å². The molecule has 0 unspecified atom stereocenters. The molecule has 0 N–H and O–H groups in total. The highest BCUT2D eigenvalue weighted by Gasteiger charge is 2.06. The lowest BCUT2D eigenvalue weighted by Gasteiger charge is -2.04. The largest absolute Gasteiger partial charge is 0.497 e. The van der Waals surface area contributed by atoms with Crippen LogP contribution in [0.15, 0.2) is 41.4 Å². The highest BCUT2D eigenvalue weighted by atomic mass is 32.1. The molecule has 0 saturated heterocycles. The molecule has 0 aliphatic carbocycles. The third-order valence-corrected chi connectivity index (χ3v) is 4.94. The van der Waals surface area contributed by atoms with Crippen LogP contribution in [0.25, 0.3) is 10.2 Å². The van der Waals surface area contributed by atoms with Gasteiger partial charge < -0.3 is 4.74 Å². The van der Waals surface area contributed by atoms with Crippen LogP contribution in [0.4, 0.5) is 5.69 Å². The highest BCUT2D eigenvalue weighted by Crippen LogP contribution is 2.27. The number of aliphatic imine (C=N–C) groups is 1. The second kappa shape index (κ2) is 6.02. The van der Waals surface area contributed by atoms with Gasteiger partial charge in [0, 0.05) is 6.07 Å². The zero-order valence-corrected chi connectivity index (χ0v) is 14.3. The van der Waals surface area contributed by atoms with Gasteiger partial charge in [0.25, 0.3) is 0 Å². The van der Waals surface area contributed by atoms with Crippen LogP contribution in [0, 0.1) is 17.8 Å². The molecule has 3 nitrogen and oxygen atoms in total. The molecule has 112 valence electrons. The molecule has 0 aliphatic heterocycles. The monoisotopic (exact) mass is 328 g/mol. The van der Waals surface area contributed by atoms with Crippen molar-refractivity contribution in [3.8, 4) is 5.75 Å². The van der Waals surface area contributed by atoms with Crippen molar-refractivity contribution >= 4 is 45.8 Å². The summed E-state index contributed by atoms with van der Waals surface area (Å²) in [4.78, 5) is 4.65. The molecule has 3 aromatic rings. The third kappa shape index (κ3) is 2.69. The molecule has 0 bridgehead atoms. The predicted octanol–water partition coefficient (Wildman–Crippen LogP) is 5.27. The zero-order chi connectivity index (χ0) is 15.7. The summed E-state index contributed by atoms with van der Waals surface area (Å²) in [6, 6.07) is 12.1. The van der Waals surface area contributed by atoms with Crippen LogP contribution in [0.3, 0.4) is 0 Å². The number of hydrogen-bond acceptors (Lipinski definition) is 4. The van der Waals surface area contributed by atoms with Gasteiger partial charge in [-0.25, -0.2) is 4.99 Å². The molecule has 0 aliphatic rings. The summed E-state index contributed by atoms with van der Waals surface area (Å²) in [5, 5.41) is 0. The van der Waals surface area contributed by atoms with Crippen molar-refractivity contribution in [1.29, 1.82) is 0 Å². The van der Waals surface area contributed by atoms with Gasteiger partial charge in [0.15, 0.2) is 3.95 Å². The van der Waals surface area contributed by atoms with E-state index in [1.807, 2.05) is 28.8 Å². The van der Waals surface area contributed by atoms with Gasteiger partial charge in [0.2, 0.25) is 0 Å². The molecule has 3 rings (SSSR count). The fourth-order valence-corrected chi connectivity index (χ4v) is 3.62. The zero-order valence-electron chi connectivity index (χ0n) is 12.7. The molecular formula is C17H16N2OS2. The van der Waals surface area contributed by atoms with E-state index in [4.69, 9.17) is 17.0 Å². The van der Waals surface area contributed by atoms with Crippen molar-refractivity contribution in [2.45, 2.75) is 13.8 Å². The van der Waals surface area contributed by atoms with Gasteiger partial charge >= 0.3 is 0 Å². The van der Waals surface area contributed by atoms with Crippen LogP contribution in [-0.4, -0.2) is 18.0 Å². The molecule has 0 amide bonds. The first kappa shape index (κ1) is 14.9. The lowest BCUT2D eigenvalue weighted by molar-refractivity contribution is 0.415. The topological polar surface area (TPSA) is 26.5 Å². The average molecular weight is 328 g/mol. The second-order valence-electron chi connectivity index (χ2n) is 5.06. The summed E-state index contributed by atoms with van der Waals surface area (Å²) in [7, 11) is 1.66. The number of ether oxygens (including phenoxy) is 1. The summed E-state index contributed by atoms with van der Waals surface area (Å²) < 4.78 is 9.13. The summed E-state index contributed by atoms with van der Waals surface area (Å²) in [6.45, 7) is 4.13. The molecular weight excluding hydrogens is 312 g/mol. The number of thiazole rings is 1. The van der Waals surface area contributed by atoms with Crippen LogP contribution in [-0.2, 0) is 0 Å². The minimum absolute atomic E-state index is 0.776.